The second kappa shape index (κ2) is 10.3. The molecular formula is C21H27NO4. The van der Waals surface area contributed by atoms with Gasteiger partial charge in [0.05, 0.1) is 26.4 Å². The van der Waals surface area contributed by atoms with Gasteiger partial charge in [0.25, 0.3) is 5.91 Å². The predicted molar refractivity (Wildman–Crippen MR) is 104 cm³/mol. The fraction of sp³-hybridized carbons (Fsp3) is 0.381. The quantitative estimate of drug-likeness (QED) is 0.614. The highest BCUT2D eigenvalue weighted by Gasteiger charge is 2.13. The highest BCUT2D eigenvalue weighted by molar-refractivity contribution is 6.06. The third-order valence-corrected chi connectivity index (χ3v) is 4.01. The largest absolute Gasteiger partial charge is 0.497 e. The molecule has 0 saturated carbocycles. The van der Waals surface area contributed by atoms with Crippen LogP contribution < -0.4 is 19.5 Å². The summed E-state index contributed by atoms with van der Waals surface area (Å²) in [5.41, 5.74) is 1.12. The first kappa shape index (κ1) is 19.6. The number of nitrogens with one attached hydrogen (secondary N) is 1. The predicted octanol–water partition coefficient (Wildman–Crippen LogP) is 4.92. The standard InChI is InChI=1S/C21H27NO4/c1-4-5-6-7-13-26-18-10-8-9-16(14-18)22-21(23)19-12-11-17(24-2)15-20(19)25-3/h8-12,14-15H,4-7,13H2,1-3H3,(H,22,23). The molecule has 140 valence electrons. The number of ether oxygens (including phenoxy) is 3. The lowest BCUT2D eigenvalue weighted by Gasteiger charge is -2.12. The molecule has 0 fully saturated rings. The highest BCUT2D eigenvalue weighted by atomic mass is 16.5. The molecule has 0 spiro atoms. The van der Waals surface area contributed by atoms with Gasteiger partial charge in [-0.2, -0.15) is 0 Å². The summed E-state index contributed by atoms with van der Waals surface area (Å²) >= 11 is 0. The Morgan fingerprint density at radius 3 is 2.54 bits per heavy atom. The number of anilines is 1. The number of rotatable bonds is 10. The first-order chi connectivity index (χ1) is 12.7. The first-order valence-electron chi connectivity index (χ1n) is 8.94. The normalized spacial score (nSPS) is 10.3. The summed E-state index contributed by atoms with van der Waals surface area (Å²) in [6.07, 6.45) is 4.64. The van der Waals surface area contributed by atoms with Crippen molar-refractivity contribution < 1.29 is 19.0 Å². The zero-order valence-electron chi connectivity index (χ0n) is 15.7. The van der Waals surface area contributed by atoms with Gasteiger partial charge in [-0.15, -0.1) is 0 Å². The van der Waals surface area contributed by atoms with E-state index in [1.807, 2.05) is 24.3 Å². The van der Waals surface area contributed by atoms with Crippen LogP contribution in [0.25, 0.3) is 0 Å². The van der Waals surface area contributed by atoms with Crippen molar-refractivity contribution in [2.75, 3.05) is 26.1 Å². The summed E-state index contributed by atoms with van der Waals surface area (Å²) < 4.78 is 16.2. The van der Waals surface area contributed by atoms with Crippen LogP contribution in [0.5, 0.6) is 17.2 Å². The molecule has 2 aromatic carbocycles. The van der Waals surface area contributed by atoms with Crippen LogP contribution in [0.15, 0.2) is 42.5 Å². The molecule has 0 aromatic heterocycles. The molecule has 0 aliphatic rings. The summed E-state index contributed by atoms with van der Waals surface area (Å²) in [6.45, 7) is 2.87. The van der Waals surface area contributed by atoms with E-state index < -0.39 is 0 Å². The molecular weight excluding hydrogens is 330 g/mol. The van der Waals surface area contributed by atoms with E-state index in [1.165, 1.54) is 26.4 Å². The zero-order valence-corrected chi connectivity index (χ0v) is 15.7. The first-order valence-corrected chi connectivity index (χ1v) is 8.94. The van der Waals surface area contributed by atoms with Crippen molar-refractivity contribution in [3.63, 3.8) is 0 Å². The van der Waals surface area contributed by atoms with Crippen molar-refractivity contribution in [1.29, 1.82) is 0 Å². The van der Waals surface area contributed by atoms with Crippen LogP contribution in [0.2, 0.25) is 0 Å². The molecule has 1 N–H and O–H groups in total. The van der Waals surface area contributed by atoms with Gasteiger partial charge in [0.2, 0.25) is 0 Å². The summed E-state index contributed by atoms with van der Waals surface area (Å²) in [5.74, 6) is 1.60. The lowest BCUT2D eigenvalue weighted by atomic mass is 10.1. The van der Waals surface area contributed by atoms with E-state index >= 15 is 0 Å². The number of unbranched alkanes of at least 4 members (excludes halogenated alkanes) is 3. The van der Waals surface area contributed by atoms with E-state index in [9.17, 15) is 4.79 Å². The van der Waals surface area contributed by atoms with Crippen LogP contribution in [0.3, 0.4) is 0 Å². The minimum Gasteiger partial charge on any atom is -0.497 e. The number of carbonyl (C=O) groups excluding carboxylic acids is 1. The van der Waals surface area contributed by atoms with Crippen LogP contribution in [-0.4, -0.2) is 26.7 Å². The topological polar surface area (TPSA) is 56.8 Å². The molecule has 2 aromatic rings. The van der Waals surface area contributed by atoms with Crippen molar-refractivity contribution in [3.8, 4) is 17.2 Å². The lowest BCUT2D eigenvalue weighted by molar-refractivity contribution is 0.102. The molecule has 0 heterocycles. The Hall–Kier alpha value is -2.69. The molecule has 0 radical (unpaired) electrons. The third-order valence-electron chi connectivity index (χ3n) is 4.01. The van der Waals surface area contributed by atoms with Crippen LogP contribution in [0, 0.1) is 0 Å². The highest BCUT2D eigenvalue weighted by Crippen LogP contribution is 2.26. The van der Waals surface area contributed by atoms with Gasteiger partial charge < -0.3 is 19.5 Å². The van der Waals surface area contributed by atoms with Crippen LogP contribution in [0.1, 0.15) is 43.0 Å². The smallest absolute Gasteiger partial charge is 0.259 e. The molecule has 2 rings (SSSR count). The maximum absolute atomic E-state index is 12.6. The molecule has 0 bridgehead atoms. The zero-order chi connectivity index (χ0) is 18.8. The molecule has 0 atom stereocenters. The average molecular weight is 357 g/mol. The summed E-state index contributed by atoms with van der Waals surface area (Å²) in [4.78, 5) is 12.6. The molecule has 0 aliphatic heterocycles. The second-order valence-electron chi connectivity index (χ2n) is 5.96. The maximum atomic E-state index is 12.6. The summed E-state index contributed by atoms with van der Waals surface area (Å²) in [6, 6.07) is 12.5. The van der Waals surface area contributed by atoms with Crippen molar-refractivity contribution in [2.45, 2.75) is 32.6 Å². The van der Waals surface area contributed by atoms with E-state index in [0.29, 0.717) is 29.4 Å². The third kappa shape index (κ3) is 5.69. The number of hydrogen-bond acceptors (Lipinski definition) is 4. The Bertz CT molecular complexity index is 715. The van der Waals surface area contributed by atoms with Crippen molar-refractivity contribution in [1.82, 2.24) is 0 Å². The molecule has 0 unspecified atom stereocenters. The monoisotopic (exact) mass is 357 g/mol. The Labute approximate surface area is 155 Å². The Morgan fingerprint density at radius 1 is 0.962 bits per heavy atom. The van der Waals surface area contributed by atoms with E-state index in [0.717, 1.165) is 12.2 Å². The van der Waals surface area contributed by atoms with Crippen molar-refractivity contribution in [2.24, 2.45) is 0 Å². The SMILES string of the molecule is CCCCCCOc1cccc(NC(=O)c2ccc(OC)cc2OC)c1. The average Bonchev–Trinajstić information content (AvgIpc) is 2.67. The van der Waals surface area contributed by atoms with Gasteiger partial charge in [0.1, 0.15) is 17.2 Å². The van der Waals surface area contributed by atoms with Gasteiger partial charge in [-0.25, -0.2) is 0 Å². The van der Waals surface area contributed by atoms with Crippen molar-refractivity contribution in [3.05, 3.63) is 48.0 Å². The summed E-state index contributed by atoms with van der Waals surface area (Å²) in [5, 5.41) is 2.88. The second-order valence-corrected chi connectivity index (χ2v) is 5.96. The van der Waals surface area contributed by atoms with Gasteiger partial charge in [-0.3, -0.25) is 4.79 Å². The minimum atomic E-state index is -0.246. The molecule has 0 aliphatic carbocycles. The molecule has 26 heavy (non-hydrogen) atoms. The van der Waals surface area contributed by atoms with E-state index in [4.69, 9.17) is 14.2 Å². The number of benzene rings is 2. The lowest BCUT2D eigenvalue weighted by Crippen LogP contribution is -2.13. The van der Waals surface area contributed by atoms with Gasteiger partial charge in [0.15, 0.2) is 0 Å². The van der Waals surface area contributed by atoms with E-state index in [-0.39, 0.29) is 5.91 Å². The van der Waals surface area contributed by atoms with Crippen LogP contribution in [-0.2, 0) is 0 Å². The van der Waals surface area contributed by atoms with Crippen LogP contribution >= 0.6 is 0 Å². The maximum Gasteiger partial charge on any atom is 0.259 e. The Kier molecular flexibility index (Phi) is 7.80. The number of carbonyl (C=O) groups is 1. The summed E-state index contributed by atoms with van der Waals surface area (Å²) in [7, 11) is 3.10. The van der Waals surface area contributed by atoms with Crippen LogP contribution in [0.4, 0.5) is 5.69 Å². The van der Waals surface area contributed by atoms with E-state index in [1.54, 1.807) is 25.3 Å². The Balaban J connectivity index is 2.00. The number of amides is 1. The Morgan fingerprint density at radius 2 is 1.81 bits per heavy atom. The van der Waals surface area contributed by atoms with Gasteiger partial charge in [-0.1, -0.05) is 32.3 Å². The minimum absolute atomic E-state index is 0.246. The molecule has 0 saturated heterocycles. The van der Waals surface area contributed by atoms with Gasteiger partial charge in [-0.05, 0) is 30.7 Å². The molecule has 1 amide bonds. The molecule has 5 nitrogen and oxygen atoms in total. The van der Waals surface area contributed by atoms with Crippen molar-refractivity contribution >= 4 is 11.6 Å². The van der Waals surface area contributed by atoms with E-state index in [2.05, 4.69) is 12.2 Å². The van der Waals surface area contributed by atoms with Gasteiger partial charge >= 0.3 is 0 Å². The fourth-order valence-corrected chi connectivity index (χ4v) is 2.57. The number of hydrogen-bond donors (Lipinski definition) is 1. The number of methoxy groups -OCH3 is 2. The van der Waals surface area contributed by atoms with Gasteiger partial charge in [0, 0.05) is 17.8 Å². The fourth-order valence-electron chi connectivity index (χ4n) is 2.57. The molecule has 5 heteroatoms.